The van der Waals surface area contributed by atoms with Gasteiger partial charge in [0.25, 0.3) is 0 Å². The Hall–Kier alpha value is -2.15. The largest absolute Gasteiger partial charge is 0.486 e. The summed E-state index contributed by atoms with van der Waals surface area (Å²) < 4.78 is 18.5. The highest BCUT2D eigenvalue weighted by Gasteiger charge is 2.08. The van der Waals surface area contributed by atoms with E-state index < -0.39 is 5.82 Å². The van der Waals surface area contributed by atoms with Crippen LogP contribution >= 0.6 is 11.6 Å². The van der Waals surface area contributed by atoms with Crippen molar-refractivity contribution in [2.45, 2.75) is 6.61 Å². The highest BCUT2D eigenvalue weighted by atomic mass is 35.5. The van der Waals surface area contributed by atoms with Crippen LogP contribution in [0.4, 0.5) is 16.3 Å². The summed E-state index contributed by atoms with van der Waals surface area (Å²) in [6.07, 6.45) is 0. The molecule has 0 unspecified atom stereocenters. The molecule has 0 amide bonds. The van der Waals surface area contributed by atoms with E-state index in [2.05, 4.69) is 15.0 Å². The van der Waals surface area contributed by atoms with Crippen molar-refractivity contribution in [1.82, 2.24) is 15.0 Å². The van der Waals surface area contributed by atoms with Crippen molar-refractivity contribution >= 4 is 23.5 Å². The van der Waals surface area contributed by atoms with Crippen LogP contribution in [0.5, 0.6) is 5.75 Å². The number of hydrogen-bond acceptors (Lipinski definition) is 6. The Morgan fingerprint density at radius 3 is 2.70 bits per heavy atom. The van der Waals surface area contributed by atoms with Crippen LogP contribution in [0.1, 0.15) is 5.82 Å². The molecule has 0 spiro atoms. The molecule has 0 bridgehead atoms. The van der Waals surface area contributed by atoms with Gasteiger partial charge in [0.05, 0.1) is 5.02 Å². The molecule has 20 heavy (non-hydrogen) atoms. The molecule has 8 heteroatoms. The van der Waals surface area contributed by atoms with Crippen LogP contribution < -0.4 is 15.4 Å². The van der Waals surface area contributed by atoms with E-state index in [4.69, 9.17) is 22.1 Å². The van der Waals surface area contributed by atoms with Crippen LogP contribution in [0.3, 0.4) is 0 Å². The minimum Gasteiger partial charge on any atom is -0.486 e. The van der Waals surface area contributed by atoms with Crippen LogP contribution in [-0.4, -0.2) is 29.0 Å². The molecule has 0 saturated carbocycles. The lowest BCUT2D eigenvalue weighted by Crippen LogP contribution is -2.16. The van der Waals surface area contributed by atoms with Gasteiger partial charge in [0.1, 0.15) is 18.2 Å². The fourth-order valence-electron chi connectivity index (χ4n) is 1.40. The maximum Gasteiger partial charge on any atom is 0.230 e. The second-order valence-corrected chi connectivity index (χ2v) is 4.58. The first-order chi connectivity index (χ1) is 9.45. The van der Waals surface area contributed by atoms with Crippen molar-refractivity contribution in [3.8, 4) is 5.75 Å². The third-order valence-corrected chi connectivity index (χ3v) is 2.64. The molecule has 0 atom stereocenters. The summed E-state index contributed by atoms with van der Waals surface area (Å²) in [5, 5.41) is -0.00774. The first-order valence-corrected chi connectivity index (χ1v) is 6.09. The number of nitrogen functional groups attached to an aromatic ring is 1. The summed E-state index contributed by atoms with van der Waals surface area (Å²) in [5.41, 5.74) is 5.60. The Kier molecular flexibility index (Phi) is 4.19. The lowest BCUT2D eigenvalue weighted by Gasteiger charge is -2.12. The van der Waals surface area contributed by atoms with Crippen molar-refractivity contribution < 1.29 is 9.13 Å². The van der Waals surface area contributed by atoms with Gasteiger partial charge in [-0.2, -0.15) is 15.0 Å². The van der Waals surface area contributed by atoms with Crippen LogP contribution in [0.2, 0.25) is 5.02 Å². The number of benzene rings is 1. The summed E-state index contributed by atoms with van der Waals surface area (Å²) in [7, 11) is 3.58. The number of nitrogens with zero attached hydrogens (tertiary/aromatic N) is 4. The number of anilines is 2. The molecule has 2 rings (SSSR count). The van der Waals surface area contributed by atoms with Crippen LogP contribution in [-0.2, 0) is 6.61 Å². The second kappa shape index (κ2) is 5.87. The fraction of sp³-hybridized carbons (Fsp3) is 0.250. The van der Waals surface area contributed by atoms with E-state index in [1.54, 1.807) is 19.0 Å². The lowest BCUT2D eigenvalue weighted by atomic mass is 10.3. The van der Waals surface area contributed by atoms with Gasteiger partial charge in [0.15, 0.2) is 5.82 Å². The van der Waals surface area contributed by atoms with Gasteiger partial charge < -0.3 is 15.4 Å². The number of hydrogen-bond donors (Lipinski definition) is 1. The highest BCUT2D eigenvalue weighted by molar-refractivity contribution is 6.30. The Labute approximate surface area is 120 Å². The lowest BCUT2D eigenvalue weighted by molar-refractivity contribution is 0.295. The quantitative estimate of drug-likeness (QED) is 0.928. The van der Waals surface area contributed by atoms with E-state index in [1.807, 2.05) is 0 Å². The third-order valence-electron chi connectivity index (χ3n) is 2.35. The van der Waals surface area contributed by atoms with Gasteiger partial charge >= 0.3 is 0 Å². The average Bonchev–Trinajstić information content (AvgIpc) is 2.39. The Morgan fingerprint density at radius 2 is 2.05 bits per heavy atom. The molecule has 6 nitrogen and oxygen atoms in total. The van der Waals surface area contributed by atoms with Crippen molar-refractivity contribution in [2.24, 2.45) is 0 Å². The van der Waals surface area contributed by atoms with Crippen molar-refractivity contribution in [3.05, 3.63) is 34.9 Å². The normalized spacial score (nSPS) is 10.4. The van der Waals surface area contributed by atoms with Gasteiger partial charge in [-0.25, -0.2) is 4.39 Å². The zero-order valence-corrected chi connectivity index (χ0v) is 11.7. The number of halogens is 2. The van der Waals surface area contributed by atoms with Crippen LogP contribution in [0.25, 0.3) is 0 Å². The predicted octanol–water partition coefficient (Wildman–Crippen LogP) is 1.89. The molecule has 0 fully saturated rings. The van der Waals surface area contributed by atoms with Gasteiger partial charge in [0.2, 0.25) is 11.9 Å². The first kappa shape index (κ1) is 14.3. The van der Waals surface area contributed by atoms with Gasteiger partial charge in [-0.3, -0.25) is 0 Å². The summed E-state index contributed by atoms with van der Waals surface area (Å²) in [6.45, 7) is 0.0789. The van der Waals surface area contributed by atoms with Crippen molar-refractivity contribution in [1.29, 1.82) is 0 Å². The van der Waals surface area contributed by atoms with Crippen molar-refractivity contribution in [2.75, 3.05) is 24.7 Å². The highest BCUT2D eigenvalue weighted by Crippen LogP contribution is 2.21. The SMILES string of the molecule is CN(C)c1nc(N)nc(COc2ccc(F)c(Cl)c2)n1. The van der Waals surface area contributed by atoms with Crippen molar-refractivity contribution in [3.63, 3.8) is 0 Å². The molecule has 2 N–H and O–H groups in total. The molecule has 0 radical (unpaired) electrons. The predicted molar refractivity (Wildman–Crippen MR) is 74.3 cm³/mol. The van der Waals surface area contributed by atoms with E-state index in [-0.39, 0.29) is 17.6 Å². The molecule has 1 aromatic heterocycles. The monoisotopic (exact) mass is 297 g/mol. The van der Waals surface area contributed by atoms with E-state index in [1.165, 1.54) is 18.2 Å². The smallest absolute Gasteiger partial charge is 0.230 e. The first-order valence-electron chi connectivity index (χ1n) is 5.71. The minimum absolute atomic E-state index is 0.00774. The van der Waals surface area contributed by atoms with Gasteiger partial charge in [0, 0.05) is 20.2 Å². The zero-order chi connectivity index (χ0) is 14.7. The topological polar surface area (TPSA) is 77.2 Å². The Morgan fingerprint density at radius 1 is 1.30 bits per heavy atom. The third kappa shape index (κ3) is 3.45. The zero-order valence-electron chi connectivity index (χ0n) is 11.0. The molecule has 106 valence electrons. The maximum atomic E-state index is 13.0. The molecule has 0 aliphatic heterocycles. The number of aromatic nitrogens is 3. The van der Waals surface area contributed by atoms with Gasteiger partial charge in [-0.1, -0.05) is 11.6 Å². The molecule has 2 aromatic rings. The van der Waals surface area contributed by atoms with Gasteiger partial charge in [-0.05, 0) is 12.1 Å². The Balaban J connectivity index is 2.12. The molecule has 0 aliphatic carbocycles. The average molecular weight is 298 g/mol. The molecule has 0 saturated heterocycles. The van der Waals surface area contributed by atoms with E-state index >= 15 is 0 Å². The van der Waals surface area contributed by atoms with E-state index in [0.29, 0.717) is 17.5 Å². The summed E-state index contributed by atoms with van der Waals surface area (Å²) >= 11 is 5.66. The second-order valence-electron chi connectivity index (χ2n) is 4.17. The number of rotatable bonds is 4. The molecular formula is C12H13ClFN5O. The Bertz CT molecular complexity index is 623. The molecular weight excluding hydrogens is 285 g/mol. The molecule has 1 aromatic carbocycles. The minimum atomic E-state index is -0.502. The van der Waals surface area contributed by atoms with E-state index in [9.17, 15) is 4.39 Å². The maximum absolute atomic E-state index is 13.0. The molecule has 1 heterocycles. The summed E-state index contributed by atoms with van der Waals surface area (Å²) in [5.74, 6) is 0.842. The fourth-order valence-corrected chi connectivity index (χ4v) is 1.57. The number of ether oxygens (including phenoxy) is 1. The summed E-state index contributed by atoms with van der Waals surface area (Å²) in [6, 6.07) is 4.08. The van der Waals surface area contributed by atoms with Crippen LogP contribution in [0, 0.1) is 5.82 Å². The van der Waals surface area contributed by atoms with Crippen LogP contribution in [0.15, 0.2) is 18.2 Å². The van der Waals surface area contributed by atoms with Gasteiger partial charge in [-0.15, -0.1) is 0 Å². The summed E-state index contributed by atoms with van der Waals surface area (Å²) in [4.78, 5) is 13.8. The van der Waals surface area contributed by atoms with E-state index in [0.717, 1.165) is 0 Å². The number of nitrogens with two attached hydrogens (primary N) is 1. The standard InChI is InChI=1S/C12H13ClFN5O/c1-19(2)12-17-10(16-11(15)18-12)6-20-7-3-4-9(14)8(13)5-7/h3-5H,6H2,1-2H3,(H2,15,16,17,18). The molecule has 0 aliphatic rings.